The molecular weight excluding hydrogens is 353 g/mol. The molecule has 1 unspecified atom stereocenters. The molecule has 0 fully saturated rings. The maximum Gasteiger partial charge on any atom is 0.0454 e. The first-order valence-corrected chi connectivity index (χ1v) is 7.91. The Hall–Kier alpha value is -0.0600. The monoisotopic (exact) mass is 363 g/mol. The highest BCUT2D eigenvalue weighted by Crippen LogP contribution is 2.27. The minimum atomic E-state index is 0.158. The molecule has 0 amide bonds. The van der Waals surface area contributed by atoms with E-state index in [4.69, 9.17) is 23.2 Å². The molecule has 1 aromatic heterocycles. The van der Waals surface area contributed by atoms with Gasteiger partial charge in [-0.25, -0.2) is 0 Å². The molecule has 96 valence electrons. The van der Waals surface area contributed by atoms with E-state index in [9.17, 15) is 0 Å². The van der Waals surface area contributed by atoms with Gasteiger partial charge in [-0.15, -0.1) is 11.3 Å². The van der Waals surface area contributed by atoms with E-state index >= 15 is 0 Å². The normalized spacial score (nSPS) is 12.7. The van der Waals surface area contributed by atoms with Gasteiger partial charge in [0.2, 0.25) is 0 Å². The molecule has 0 saturated heterocycles. The number of hydrogen-bond acceptors (Lipinski definition) is 2. The van der Waals surface area contributed by atoms with Gasteiger partial charge in [0.25, 0.3) is 0 Å². The molecule has 0 aliphatic rings. The first-order valence-electron chi connectivity index (χ1n) is 5.48. The summed E-state index contributed by atoms with van der Waals surface area (Å²) >= 11 is 17.4. The molecule has 0 spiro atoms. The van der Waals surface area contributed by atoms with E-state index in [0.717, 1.165) is 21.6 Å². The van der Waals surface area contributed by atoms with Crippen LogP contribution < -0.4 is 5.32 Å². The molecule has 1 heterocycles. The molecule has 1 N–H and O–H groups in total. The van der Waals surface area contributed by atoms with Crippen molar-refractivity contribution >= 4 is 50.5 Å². The summed E-state index contributed by atoms with van der Waals surface area (Å²) in [6.45, 7) is 2.89. The maximum absolute atomic E-state index is 6.18. The predicted molar refractivity (Wildman–Crippen MR) is 83.7 cm³/mol. The van der Waals surface area contributed by atoms with Crippen LogP contribution in [0.4, 0.5) is 0 Å². The second kappa shape index (κ2) is 6.40. The highest BCUT2D eigenvalue weighted by atomic mass is 79.9. The number of hydrogen-bond donors (Lipinski definition) is 1. The maximum atomic E-state index is 6.18. The fourth-order valence-corrected chi connectivity index (χ4v) is 3.56. The summed E-state index contributed by atoms with van der Waals surface area (Å²) in [6, 6.07) is 7.75. The summed E-state index contributed by atoms with van der Waals surface area (Å²) in [5.74, 6) is 0. The fraction of sp³-hybridized carbons (Fsp3) is 0.231. The van der Waals surface area contributed by atoms with Crippen LogP contribution in [0.3, 0.4) is 0 Å². The molecule has 0 aliphatic carbocycles. The molecule has 0 radical (unpaired) electrons. The Morgan fingerprint density at radius 2 is 2.11 bits per heavy atom. The second-order valence-corrected chi connectivity index (χ2v) is 6.66. The number of halogens is 3. The van der Waals surface area contributed by atoms with Crippen LogP contribution in [0.1, 0.15) is 23.4 Å². The van der Waals surface area contributed by atoms with E-state index in [1.807, 2.05) is 12.1 Å². The van der Waals surface area contributed by atoms with Crippen LogP contribution in [0.5, 0.6) is 0 Å². The van der Waals surface area contributed by atoms with E-state index in [1.165, 1.54) is 4.88 Å². The molecule has 5 heteroatoms. The summed E-state index contributed by atoms with van der Waals surface area (Å²) in [6.07, 6.45) is 0. The van der Waals surface area contributed by atoms with Crippen LogP contribution in [0, 0.1) is 0 Å². The minimum absolute atomic E-state index is 0.158. The summed E-state index contributed by atoms with van der Waals surface area (Å²) in [7, 11) is 0. The number of nitrogens with one attached hydrogen (secondary N) is 1. The number of benzene rings is 1. The second-order valence-electron chi connectivity index (χ2n) is 3.96. The third-order valence-corrected chi connectivity index (χ3v) is 5.19. The SMILES string of the molecule is CC(NCc1sccc1Br)c1cc(Cl)ccc1Cl. The largest absolute Gasteiger partial charge is 0.305 e. The summed E-state index contributed by atoms with van der Waals surface area (Å²) in [5, 5.41) is 6.96. The Kier molecular flexibility index (Phi) is 5.10. The van der Waals surface area contributed by atoms with Crippen LogP contribution >= 0.6 is 50.5 Å². The van der Waals surface area contributed by atoms with Crippen LogP contribution in [-0.4, -0.2) is 0 Å². The molecule has 0 aliphatic heterocycles. The summed E-state index contributed by atoms with van der Waals surface area (Å²) in [5.41, 5.74) is 1.02. The van der Waals surface area contributed by atoms with Crippen LogP contribution in [0.15, 0.2) is 34.1 Å². The van der Waals surface area contributed by atoms with E-state index in [1.54, 1.807) is 17.4 Å². The Morgan fingerprint density at radius 3 is 2.78 bits per heavy atom. The Bertz CT molecular complexity index is 542. The average molecular weight is 365 g/mol. The van der Waals surface area contributed by atoms with Crippen LogP contribution in [-0.2, 0) is 6.54 Å². The lowest BCUT2D eigenvalue weighted by atomic mass is 10.1. The lowest BCUT2D eigenvalue weighted by Crippen LogP contribution is -2.18. The molecular formula is C13H12BrCl2NS. The average Bonchev–Trinajstić information content (AvgIpc) is 2.75. The van der Waals surface area contributed by atoms with Gasteiger partial charge in [0, 0.05) is 32.0 Å². The lowest BCUT2D eigenvalue weighted by molar-refractivity contribution is 0.578. The third-order valence-electron chi connectivity index (χ3n) is 2.68. The van der Waals surface area contributed by atoms with Gasteiger partial charge >= 0.3 is 0 Å². The van der Waals surface area contributed by atoms with E-state index in [2.05, 4.69) is 39.6 Å². The van der Waals surface area contributed by atoms with E-state index in [-0.39, 0.29) is 6.04 Å². The smallest absolute Gasteiger partial charge is 0.0454 e. The van der Waals surface area contributed by atoms with Gasteiger partial charge in [-0.05, 0) is 58.1 Å². The first kappa shape index (κ1) is 14.4. The van der Waals surface area contributed by atoms with Crippen LogP contribution in [0.2, 0.25) is 10.0 Å². The number of thiophene rings is 1. The van der Waals surface area contributed by atoms with Crippen molar-refractivity contribution in [3.63, 3.8) is 0 Å². The van der Waals surface area contributed by atoms with Crippen molar-refractivity contribution in [1.82, 2.24) is 5.32 Å². The van der Waals surface area contributed by atoms with Crippen molar-refractivity contribution < 1.29 is 0 Å². The molecule has 1 aromatic carbocycles. The molecule has 1 atom stereocenters. The summed E-state index contributed by atoms with van der Waals surface area (Å²) in [4.78, 5) is 1.28. The molecule has 2 aromatic rings. The van der Waals surface area contributed by atoms with Gasteiger partial charge in [0.1, 0.15) is 0 Å². The van der Waals surface area contributed by atoms with Gasteiger partial charge in [-0.2, -0.15) is 0 Å². The first-order chi connectivity index (χ1) is 8.58. The molecule has 0 saturated carbocycles. The molecule has 2 rings (SSSR count). The van der Waals surface area contributed by atoms with Gasteiger partial charge < -0.3 is 5.32 Å². The van der Waals surface area contributed by atoms with Gasteiger partial charge in [0.05, 0.1) is 0 Å². The molecule has 18 heavy (non-hydrogen) atoms. The van der Waals surface area contributed by atoms with E-state index in [0.29, 0.717) is 5.02 Å². The van der Waals surface area contributed by atoms with Gasteiger partial charge in [-0.3, -0.25) is 0 Å². The minimum Gasteiger partial charge on any atom is -0.305 e. The fourth-order valence-electron chi connectivity index (χ4n) is 1.65. The summed E-state index contributed by atoms with van der Waals surface area (Å²) < 4.78 is 1.14. The third kappa shape index (κ3) is 3.49. The topological polar surface area (TPSA) is 12.0 Å². The lowest BCUT2D eigenvalue weighted by Gasteiger charge is -2.15. The highest BCUT2D eigenvalue weighted by molar-refractivity contribution is 9.10. The quantitative estimate of drug-likeness (QED) is 0.737. The highest BCUT2D eigenvalue weighted by Gasteiger charge is 2.11. The standard InChI is InChI=1S/C13H12BrCl2NS/c1-8(10-6-9(15)2-3-12(10)16)17-7-13-11(14)4-5-18-13/h2-6,8,17H,7H2,1H3. The van der Waals surface area contributed by atoms with Crippen molar-refractivity contribution in [1.29, 1.82) is 0 Å². The number of rotatable bonds is 4. The Labute approximate surface area is 129 Å². The van der Waals surface area contributed by atoms with Crippen molar-refractivity contribution in [2.24, 2.45) is 0 Å². The van der Waals surface area contributed by atoms with Gasteiger partial charge in [0.15, 0.2) is 0 Å². The zero-order valence-corrected chi connectivity index (χ0v) is 13.6. The van der Waals surface area contributed by atoms with Crippen molar-refractivity contribution in [3.05, 3.63) is 54.6 Å². The van der Waals surface area contributed by atoms with Crippen molar-refractivity contribution in [3.8, 4) is 0 Å². The molecule has 1 nitrogen and oxygen atoms in total. The Morgan fingerprint density at radius 1 is 1.33 bits per heavy atom. The van der Waals surface area contributed by atoms with Crippen molar-refractivity contribution in [2.45, 2.75) is 19.5 Å². The van der Waals surface area contributed by atoms with Crippen LogP contribution in [0.25, 0.3) is 0 Å². The van der Waals surface area contributed by atoms with E-state index < -0.39 is 0 Å². The zero-order chi connectivity index (χ0) is 13.1. The zero-order valence-electron chi connectivity index (χ0n) is 9.71. The predicted octanol–water partition coefficient (Wildman–Crippen LogP) is 5.67. The molecule has 0 bridgehead atoms. The van der Waals surface area contributed by atoms with Crippen molar-refractivity contribution in [2.75, 3.05) is 0 Å². The van der Waals surface area contributed by atoms with Gasteiger partial charge in [-0.1, -0.05) is 23.2 Å². The Balaban J connectivity index is 2.06.